The smallest absolute Gasteiger partial charge is 0.236 e. The average Bonchev–Trinajstić information content (AvgIpc) is 3.45. The summed E-state index contributed by atoms with van der Waals surface area (Å²) < 4.78 is 38.2. The third-order valence-electron chi connectivity index (χ3n) is 4.46. The Balaban J connectivity index is 1.60. The van der Waals surface area contributed by atoms with Gasteiger partial charge in [0, 0.05) is 18.0 Å². The molecule has 2 aromatic carbocycles. The summed E-state index contributed by atoms with van der Waals surface area (Å²) in [5.41, 5.74) is 2.18. The molecule has 2 heterocycles. The van der Waals surface area contributed by atoms with E-state index in [0.29, 0.717) is 17.2 Å². The summed E-state index contributed by atoms with van der Waals surface area (Å²) in [6.45, 7) is 0.284. The third-order valence-corrected chi connectivity index (χ3v) is 5.91. The minimum Gasteiger partial charge on any atom is -0.461 e. The zero-order valence-electron chi connectivity index (χ0n) is 16.1. The van der Waals surface area contributed by atoms with Crippen LogP contribution in [0.2, 0.25) is 0 Å². The minimum absolute atomic E-state index is 0.0700. The average molecular weight is 420 g/mol. The number of rotatable bonds is 8. The molecule has 0 fully saturated rings. The van der Waals surface area contributed by atoms with Gasteiger partial charge < -0.3 is 8.94 Å². The molecule has 30 heavy (non-hydrogen) atoms. The van der Waals surface area contributed by atoms with Crippen LogP contribution in [0.4, 0.5) is 0 Å². The van der Waals surface area contributed by atoms with Crippen molar-refractivity contribution in [2.45, 2.75) is 13.1 Å². The highest BCUT2D eigenvalue weighted by atomic mass is 32.2. The van der Waals surface area contributed by atoms with Gasteiger partial charge in [-0.05, 0) is 29.3 Å². The van der Waals surface area contributed by atoms with Crippen molar-refractivity contribution >= 4 is 16.1 Å². The Morgan fingerprint density at radius 2 is 1.60 bits per heavy atom. The first kappa shape index (κ1) is 19.9. The predicted octanol–water partition coefficient (Wildman–Crippen LogP) is 4.94. The van der Waals surface area contributed by atoms with E-state index in [9.17, 15) is 8.42 Å². The van der Waals surface area contributed by atoms with E-state index in [1.807, 2.05) is 60.7 Å². The maximum Gasteiger partial charge on any atom is 0.236 e. The zero-order valence-corrected chi connectivity index (χ0v) is 16.9. The number of benzene rings is 2. The van der Waals surface area contributed by atoms with Gasteiger partial charge in [0.1, 0.15) is 0 Å². The monoisotopic (exact) mass is 420 g/mol. The highest BCUT2D eigenvalue weighted by Gasteiger charge is 2.22. The number of furan rings is 1. The van der Waals surface area contributed by atoms with Crippen molar-refractivity contribution in [3.8, 4) is 11.5 Å². The second-order valence-electron chi connectivity index (χ2n) is 6.67. The lowest BCUT2D eigenvalue weighted by Gasteiger charge is -2.19. The van der Waals surface area contributed by atoms with Crippen molar-refractivity contribution in [3.05, 3.63) is 107 Å². The van der Waals surface area contributed by atoms with Gasteiger partial charge in [-0.25, -0.2) is 8.42 Å². The van der Waals surface area contributed by atoms with E-state index in [0.717, 1.165) is 11.1 Å². The molecule has 0 atom stereocenters. The van der Waals surface area contributed by atoms with Gasteiger partial charge >= 0.3 is 0 Å². The van der Waals surface area contributed by atoms with Crippen LogP contribution in [0.1, 0.15) is 16.8 Å². The quantitative estimate of drug-likeness (QED) is 0.404. The highest BCUT2D eigenvalue weighted by molar-refractivity contribution is 7.92. The highest BCUT2D eigenvalue weighted by Crippen LogP contribution is 2.23. The molecular formula is C23H20N2O4S. The molecule has 7 heteroatoms. The van der Waals surface area contributed by atoms with Gasteiger partial charge in [0.15, 0.2) is 5.76 Å². The molecule has 0 bridgehead atoms. The van der Waals surface area contributed by atoms with Gasteiger partial charge in [0.2, 0.25) is 15.8 Å². The summed E-state index contributed by atoms with van der Waals surface area (Å²) in [6.07, 6.45) is 3.13. The standard InChI is InChI=1S/C23H20N2O4S/c26-30(27,15-13-19-8-3-1-4-9-19)25(17-20-10-5-2-6-11-20)18-21-16-23(29-24-21)22-12-7-14-28-22/h1-16H,17-18H2. The van der Waals surface area contributed by atoms with Crippen LogP contribution in [-0.2, 0) is 23.1 Å². The van der Waals surface area contributed by atoms with Crippen LogP contribution < -0.4 is 0 Å². The predicted molar refractivity (Wildman–Crippen MR) is 114 cm³/mol. The summed E-state index contributed by atoms with van der Waals surface area (Å²) in [4.78, 5) is 0. The second-order valence-corrected chi connectivity index (χ2v) is 8.49. The first-order valence-corrected chi connectivity index (χ1v) is 10.9. The van der Waals surface area contributed by atoms with Crippen LogP contribution in [-0.4, -0.2) is 17.9 Å². The lowest BCUT2D eigenvalue weighted by atomic mass is 10.2. The van der Waals surface area contributed by atoms with E-state index in [1.54, 1.807) is 24.3 Å². The molecule has 4 aromatic rings. The van der Waals surface area contributed by atoms with Crippen LogP contribution in [0, 0.1) is 0 Å². The van der Waals surface area contributed by atoms with Gasteiger partial charge in [0.25, 0.3) is 0 Å². The second kappa shape index (κ2) is 8.94. The first-order valence-electron chi connectivity index (χ1n) is 9.37. The van der Waals surface area contributed by atoms with Crippen molar-refractivity contribution in [3.63, 3.8) is 0 Å². The summed E-state index contributed by atoms with van der Waals surface area (Å²) in [7, 11) is -3.71. The molecule has 2 aromatic heterocycles. The van der Waals surface area contributed by atoms with Crippen LogP contribution in [0.5, 0.6) is 0 Å². The van der Waals surface area contributed by atoms with E-state index in [-0.39, 0.29) is 13.1 Å². The maximum absolute atomic E-state index is 13.1. The summed E-state index contributed by atoms with van der Waals surface area (Å²) >= 11 is 0. The first-order chi connectivity index (χ1) is 14.6. The Bertz CT molecular complexity index is 1200. The van der Waals surface area contributed by atoms with Crippen LogP contribution in [0.15, 0.2) is 99.5 Å². The van der Waals surface area contributed by atoms with Gasteiger partial charge in [-0.2, -0.15) is 4.31 Å². The maximum atomic E-state index is 13.1. The molecule has 4 rings (SSSR count). The lowest BCUT2D eigenvalue weighted by Crippen LogP contribution is -2.28. The van der Waals surface area contributed by atoms with Crippen molar-refractivity contribution in [2.75, 3.05) is 0 Å². The normalized spacial score (nSPS) is 12.0. The number of sulfonamides is 1. The topological polar surface area (TPSA) is 76.6 Å². The van der Waals surface area contributed by atoms with Gasteiger partial charge in [-0.3, -0.25) is 0 Å². The molecule has 0 aliphatic rings. The van der Waals surface area contributed by atoms with Crippen molar-refractivity contribution < 1.29 is 17.4 Å². The van der Waals surface area contributed by atoms with Crippen molar-refractivity contribution in [1.82, 2.24) is 9.46 Å². The largest absolute Gasteiger partial charge is 0.461 e. The minimum atomic E-state index is -3.71. The Kier molecular flexibility index (Phi) is 5.92. The molecule has 0 aliphatic carbocycles. The van der Waals surface area contributed by atoms with E-state index >= 15 is 0 Å². The number of hydrogen-bond acceptors (Lipinski definition) is 5. The molecule has 0 aliphatic heterocycles. The Labute approximate surface area is 175 Å². The summed E-state index contributed by atoms with van der Waals surface area (Å²) in [5, 5.41) is 5.24. The van der Waals surface area contributed by atoms with E-state index in [2.05, 4.69) is 5.16 Å². The Morgan fingerprint density at radius 1 is 0.867 bits per heavy atom. The summed E-state index contributed by atoms with van der Waals surface area (Å²) in [6, 6.07) is 23.9. The zero-order chi connectivity index (χ0) is 20.8. The number of nitrogens with zero attached hydrogens (tertiary/aromatic N) is 2. The molecule has 6 nitrogen and oxygen atoms in total. The molecule has 0 amide bonds. The fourth-order valence-electron chi connectivity index (χ4n) is 2.94. The summed E-state index contributed by atoms with van der Waals surface area (Å²) in [5.74, 6) is 0.988. The molecule has 0 N–H and O–H groups in total. The molecular weight excluding hydrogens is 400 g/mol. The van der Waals surface area contributed by atoms with E-state index in [4.69, 9.17) is 8.94 Å². The fourth-order valence-corrected chi connectivity index (χ4v) is 4.08. The molecule has 0 radical (unpaired) electrons. The molecule has 0 saturated carbocycles. The molecule has 0 spiro atoms. The van der Waals surface area contributed by atoms with E-state index < -0.39 is 10.0 Å². The van der Waals surface area contributed by atoms with Crippen LogP contribution in [0.25, 0.3) is 17.6 Å². The Morgan fingerprint density at radius 3 is 2.30 bits per heavy atom. The van der Waals surface area contributed by atoms with Gasteiger partial charge in [0.05, 0.1) is 18.5 Å². The molecule has 0 unspecified atom stereocenters. The Hall–Kier alpha value is -3.42. The third kappa shape index (κ3) is 4.94. The van der Waals surface area contributed by atoms with Crippen molar-refractivity contribution in [2.24, 2.45) is 0 Å². The lowest BCUT2D eigenvalue weighted by molar-refractivity contribution is 0.372. The molecule has 152 valence electrons. The van der Waals surface area contributed by atoms with Gasteiger partial charge in [-0.15, -0.1) is 0 Å². The van der Waals surface area contributed by atoms with Crippen LogP contribution in [0.3, 0.4) is 0 Å². The number of hydrogen-bond donors (Lipinski definition) is 0. The fraction of sp³-hybridized carbons (Fsp3) is 0.0870. The SMILES string of the molecule is O=S(=O)(C=Cc1ccccc1)N(Cc1ccccc1)Cc1cc(-c2ccco2)on1. The molecule has 0 saturated heterocycles. The van der Waals surface area contributed by atoms with E-state index in [1.165, 1.54) is 16.0 Å². The van der Waals surface area contributed by atoms with Crippen molar-refractivity contribution in [1.29, 1.82) is 0 Å². The van der Waals surface area contributed by atoms with Crippen LogP contribution >= 0.6 is 0 Å². The number of aromatic nitrogens is 1. The van der Waals surface area contributed by atoms with Gasteiger partial charge in [-0.1, -0.05) is 65.8 Å².